The summed E-state index contributed by atoms with van der Waals surface area (Å²) in [5.74, 6) is -0.841. The largest absolute Gasteiger partial charge is 0.383 e. The molecule has 8 rings (SSSR count). The first-order valence-electron chi connectivity index (χ1n) is 22.9. The Balaban J connectivity index is 0.990. The molecule has 5 aromatic rings. The van der Waals surface area contributed by atoms with Crippen LogP contribution in [0.5, 0.6) is 0 Å². The zero-order valence-corrected chi connectivity index (χ0v) is 42.1. The van der Waals surface area contributed by atoms with Crippen molar-refractivity contribution >= 4 is 80.5 Å². The quantitative estimate of drug-likeness (QED) is 0.0552. The first kappa shape index (κ1) is 49.0. The van der Waals surface area contributed by atoms with E-state index in [2.05, 4.69) is 68.3 Å². The number of carbonyl (C=O) groups is 1. The number of aryl methyl sites for hydroxylation is 1. The number of H-pyrrole nitrogens is 1. The highest BCUT2D eigenvalue weighted by Gasteiger charge is 2.31. The Bertz CT molecular complexity index is 2810. The van der Waals surface area contributed by atoms with Crippen molar-refractivity contribution in [3.8, 4) is 0 Å². The average Bonchev–Trinajstić information content (AvgIpc) is 3.77. The number of sulfonamides is 1. The van der Waals surface area contributed by atoms with E-state index in [1.165, 1.54) is 40.6 Å². The molecule has 2 fully saturated rings. The van der Waals surface area contributed by atoms with Gasteiger partial charge in [-0.05, 0) is 116 Å². The standard InChI is InChI=1S/C50H61ClN7O6PS2/c1-50(2)18-16-38(45(31-50)35-6-10-39(51)11-7-35)33-55-20-22-56(23-21-55)40-13-15-44(47(29-40)66-42-28-37-17-19-52-48(37)53-32-42)49(59)54-67(62,63)43-14-9-36(46(30-43)58(60)61)8-12-41(34-64-3)57-24-26-65(4,5)27-25-57/h6-7,9-11,13-15,17,19,28-30,32,41H,4,8,12,16,18,20-27,31,33-34H2,1-3,5H3,(H,52,53)(H,54,59). The minimum Gasteiger partial charge on any atom is -0.383 e. The van der Waals surface area contributed by atoms with Crippen LogP contribution < -0.4 is 9.62 Å². The van der Waals surface area contributed by atoms with E-state index in [1.807, 2.05) is 42.6 Å². The Labute approximate surface area is 403 Å². The third-order valence-corrected chi connectivity index (χ3v) is 18.8. The Morgan fingerprint density at radius 2 is 1.79 bits per heavy atom. The maximum Gasteiger partial charge on any atom is 0.273 e. The third-order valence-electron chi connectivity index (χ3n) is 13.6. The summed E-state index contributed by atoms with van der Waals surface area (Å²) >= 11 is 7.59. The molecular formula is C50H61ClN7O6PS2. The van der Waals surface area contributed by atoms with Crippen LogP contribution in [0.15, 0.2) is 105 Å². The van der Waals surface area contributed by atoms with Gasteiger partial charge in [-0.25, -0.2) is 18.1 Å². The lowest BCUT2D eigenvalue weighted by molar-refractivity contribution is -0.385. The van der Waals surface area contributed by atoms with Crippen LogP contribution in [0.4, 0.5) is 11.4 Å². The number of anilines is 1. The number of nitrogens with zero attached hydrogens (tertiary/aromatic N) is 5. The van der Waals surface area contributed by atoms with Gasteiger partial charge in [-0.3, -0.25) is 24.7 Å². The van der Waals surface area contributed by atoms with Crippen LogP contribution in [0.1, 0.15) is 61.0 Å². The van der Waals surface area contributed by atoms with Crippen molar-refractivity contribution in [2.24, 2.45) is 5.41 Å². The van der Waals surface area contributed by atoms with Gasteiger partial charge in [0, 0.05) is 109 Å². The fraction of sp³-hybridized carbons (Fsp3) is 0.420. The molecule has 4 heterocycles. The number of halogens is 1. The van der Waals surface area contributed by atoms with E-state index < -0.39 is 27.7 Å². The summed E-state index contributed by atoms with van der Waals surface area (Å²) in [7, 11) is -2.87. The van der Waals surface area contributed by atoms with Crippen molar-refractivity contribution in [1.82, 2.24) is 24.5 Å². The number of hydrogen-bond donors (Lipinski definition) is 2. The molecule has 2 aromatic heterocycles. The first-order chi connectivity index (χ1) is 32.0. The molecule has 356 valence electrons. The van der Waals surface area contributed by atoms with E-state index in [9.17, 15) is 23.3 Å². The molecule has 3 aliphatic rings. The molecule has 67 heavy (non-hydrogen) atoms. The minimum absolute atomic E-state index is 0.0587. The lowest BCUT2D eigenvalue weighted by atomic mass is 9.72. The average molecular weight is 987 g/mol. The molecule has 2 N–H and O–H groups in total. The Hall–Kier alpha value is -4.47. The van der Waals surface area contributed by atoms with Crippen molar-refractivity contribution in [2.45, 2.75) is 66.7 Å². The molecule has 2 aliphatic heterocycles. The number of benzene rings is 3. The molecule has 0 radical (unpaired) electrons. The first-order valence-corrected chi connectivity index (χ1v) is 28.4. The second kappa shape index (κ2) is 20.6. The van der Waals surface area contributed by atoms with Gasteiger partial charge in [0.1, 0.15) is 5.65 Å². The highest BCUT2D eigenvalue weighted by molar-refractivity contribution is 7.99. The summed E-state index contributed by atoms with van der Waals surface area (Å²) in [6.07, 6.45) is 14.3. The second-order valence-electron chi connectivity index (χ2n) is 19.3. The summed E-state index contributed by atoms with van der Waals surface area (Å²) in [6, 6.07) is 21.5. The molecule has 1 unspecified atom stereocenters. The number of fused-ring (bicyclic) bond motifs is 1. The number of rotatable bonds is 16. The lowest BCUT2D eigenvalue weighted by Gasteiger charge is -2.39. The van der Waals surface area contributed by atoms with Gasteiger partial charge in [0.2, 0.25) is 0 Å². The summed E-state index contributed by atoms with van der Waals surface area (Å²) in [5, 5.41) is 14.0. The van der Waals surface area contributed by atoms with Crippen molar-refractivity contribution in [3.05, 3.63) is 123 Å². The van der Waals surface area contributed by atoms with Crippen molar-refractivity contribution in [1.29, 1.82) is 0 Å². The number of nitro benzene ring substituents is 1. The number of carbonyl (C=O) groups excluding carboxylic acids is 1. The van der Waals surface area contributed by atoms with E-state index in [-0.39, 0.29) is 27.6 Å². The van der Waals surface area contributed by atoms with Crippen LogP contribution >= 0.6 is 30.2 Å². The number of aromatic amines is 1. The Morgan fingerprint density at radius 3 is 2.51 bits per heavy atom. The number of hydrogen-bond acceptors (Lipinski definition) is 11. The molecule has 0 spiro atoms. The summed E-state index contributed by atoms with van der Waals surface area (Å²) in [6.45, 7) is 12.3. The van der Waals surface area contributed by atoms with E-state index in [4.69, 9.17) is 16.3 Å². The number of aromatic nitrogens is 2. The molecular weight excluding hydrogens is 925 g/mol. The number of allylic oxidation sites excluding steroid dienone is 1. The van der Waals surface area contributed by atoms with Crippen molar-refractivity contribution in [3.63, 3.8) is 0 Å². The minimum atomic E-state index is -4.53. The van der Waals surface area contributed by atoms with Crippen LogP contribution in [-0.2, 0) is 21.2 Å². The number of amides is 1. The molecule has 3 aromatic carbocycles. The normalized spacial score (nSPS) is 18.6. The summed E-state index contributed by atoms with van der Waals surface area (Å²) < 4.78 is 35.6. The van der Waals surface area contributed by atoms with E-state index in [0.29, 0.717) is 29.9 Å². The number of nitro groups is 1. The van der Waals surface area contributed by atoms with Crippen LogP contribution in [0.3, 0.4) is 0 Å². The summed E-state index contributed by atoms with van der Waals surface area (Å²) in [4.78, 5) is 41.8. The number of methoxy groups -OCH3 is 1. The van der Waals surface area contributed by atoms with Crippen molar-refractivity contribution in [2.75, 3.05) is 83.4 Å². The van der Waals surface area contributed by atoms with E-state index in [1.54, 1.807) is 19.4 Å². The van der Waals surface area contributed by atoms with Crippen LogP contribution in [0, 0.1) is 15.5 Å². The van der Waals surface area contributed by atoms with Crippen LogP contribution in [-0.4, -0.2) is 130 Å². The van der Waals surface area contributed by atoms with Gasteiger partial charge in [-0.15, -0.1) is 13.2 Å². The van der Waals surface area contributed by atoms with Gasteiger partial charge in [0.25, 0.3) is 21.6 Å². The van der Waals surface area contributed by atoms with Crippen LogP contribution in [0.2, 0.25) is 5.02 Å². The fourth-order valence-electron chi connectivity index (χ4n) is 9.52. The zero-order valence-electron chi connectivity index (χ0n) is 38.8. The zero-order chi connectivity index (χ0) is 47.5. The molecule has 1 amide bonds. The number of nitrogens with one attached hydrogen (secondary N) is 2. The maximum atomic E-state index is 14.1. The lowest BCUT2D eigenvalue weighted by Crippen LogP contribution is -2.47. The predicted molar refractivity (Wildman–Crippen MR) is 274 cm³/mol. The Morgan fingerprint density at radius 1 is 1.04 bits per heavy atom. The van der Waals surface area contributed by atoms with E-state index in [0.717, 1.165) is 110 Å². The molecule has 0 bridgehead atoms. The maximum absolute atomic E-state index is 14.1. The van der Waals surface area contributed by atoms with Gasteiger partial charge in [0.05, 0.1) is 22.0 Å². The Kier molecular flexibility index (Phi) is 15.1. The van der Waals surface area contributed by atoms with Gasteiger partial charge in [-0.2, -0.15) is 0 Å². The molecule has 0 saturated carbocycles. The topological polar surface area (TPSA) is 154 Å². The fourth-order valence-corrected chi connectivity index (χ4v) is 13.3. The highest BCUT2D eigenvalue weighted by atomic mass is 35.5. The molecule has 1 atom stereocenters. The number of ether oxygens (including phenoxy) is 1. The smallest absolute Gasteiger partial charge is 0.273 e. The van der Waals surface area contributed by atoms with Crippen molar-refractivity contribution < 1.29 is 22.9 Å². The van der Waals surface area contributed by atoms with Gasteiger partial charge < -0.3 is 14.6 Å². The SMILES string of the molecule is C=P1(C)CCN(C(CCc2ccc(S(=O)(=O)NC(=O)c3ccc(N4CCN(CC5=C(c6ccc(Cl)cc6)CC(C)(C)CC5)CC4)cc3Sc3cnc4[nH]ccc4c3)cc2[N+](=O)[O-])COC)CC1. The highest BCUT2D eigenvalue weighted by Crippen LogP contribution is 2.44. The molecule has 17 heteroatoms. The monoisotopic (exact) mass is 985 g/mol. The molecule has 13 nitrogen and oxygen atoms in total. The number of piperazine rings is 1. The number of pyridine rings is 1. The molecule has 2 saturated heterocycles. The van der Waals surface area contributed by atoms with Gasteiger partial charge >= 0.3 is 0 Å². The van der Waals surface area contributed by atoms with Gasteiger partial charge in [0.15, 0.2) is 0 Å². The molecule has 1 aliphatic carbocycles. The third kappa shape index (κ3) is 12.0. The van der Waals surface area contributed by atoms with Gasteiger partial charge in [-0.1, -0.05) is 61.0 Å². The van der Waals surface area contributed by atoms with E-state index >= 15 is 0 Å². The predicted octanol–water partition coefficient (Wildman–Crippen LogP) is 9.52. The van der Waals surface area contributed by atoms with Crippen LogP contribution in [0.25, 0.3) is 16.6 Å². The second-order valence-corrected chi connectivity index (χ2v) is 26.7. The summed E-state index contributed by atoms with van der Waals surface area (Å²) in [5.41, 5.74) is 6.30.